The van der Waals surface area contributed by atoms with E-state index in [0.29, 0.717) is 0 Å². The molecule has 0 aliphatic carbocycles. The second-order valence-electron chi connectivity index (χ2n) is 6.93. The van der Waals surface area contributed by atoms with E-state index in [1.54, 1.807) is 0 Å². The standard InChI is InChI=1S/C21H26ClN3O/c1-16-3-8-20(15-17(16)2)23-21(26)25-13-11-24(12-14-25)10-9-18-4-6-19(22)7-5-18/h3-8,15H,9-14H2,1-2H3,(H,23,26). The molecule has 0 unspecified atom stereocenters. The Labute approximate surface area is 160 Å². The van der Waals surface area contributed by atoms with Crippen LogP contribution in [-0.2, 0) is 6.42 Å². The molecule has 0 aromatic heterocycles. The number of nitrogens with one attached hydrogen (secondary N) is 1. The van der Waals surface area contributed by atoms with Gasteiger partial charge >= 0.3 is 6.03 Å². The van der Waals surface area contributed by atoms with Crippen LogP contribution < -0.4 is 5.32 Å². The van der Waals surface area contributed by atoms with Crippen molar-refractivity contribution in [1.29, 1.82) is 0 Å². The first kappa shape index (κ1) is 18.7. The number of halogens is 1. The maximum atomic E-state index is 12.5. The number of hydrogen-bond donors (Lipinski definition) is 1. The number of piperazine rings is 1. The highest BCUT2D eigenvalue weighted by molar-refractivity contribution is 6.30. The highest BCUT2D eigenvalue weighted by atomic mass is 35.5. The second kappa shape index (κ2) is 8.56. The first-order chi connectivity index (χ1) is 12.5. The van der Waals surface area contributed by atoms with Gasteiger partial charge in [-0.05, 0) is 61.2 Å². The average molecular weight is 372 g/mol. The van der Waals surface area contributed by atoms with Crippen molar-refractivity contribution in [3.8, 4) is 0 Å². The Morgan fingerprint density at radius 2 is 1.69 bits per heavy atom. The van der Waals surface area contributed by atoms with Gasteiger partial charge in [-0.1, -0.05) is 29.8 Å². The van der Waals surface area contributed by atoms with Crippen molar-refractivity contribution in [2.75, 3.05) is 38.0 Å². The molecule has 138 valence electrons. The number of nitrogens with zero attached hydrogens (tertiary/aromatic N) is 2. The molecule has 0 radical (unpaired) electrons. The first-order valence-corrected chi connectivity index (χ1v) is 9.49. The number of carbonyl (C=O) groups excluding carboxylic acids is 1. The van der Waals surface area contributed by atoms with Crippen molar-refractivity contribution in [2.45, 2.75) is 20.3 Å². The molecule has 1 heterocycles. The molecule has 1 N–H and O–H groups in total. The van der Waals surface area contributed by atoms with Gasteiger partial charge in [-0.2, -0.15) is 0 Å². The average Bonchev–Trinajstić information content (AvgIpc) is 2.65. The van der Waals surface area contributed by atoms with Crippen LogP contribution in [0.5, 0.6) is 0 Å². The summed E-state index contributed by atoms with van der Waals surface area (Å²) < 4.78 is 0. The molecule has 2 aromatic rings. The predicted octanol–water partition coefficient (Wildman–Crippen LogP) is 4.35. The smallest absolute Gasteiger partial charge is 0.321 e. The van der Waals surface area contributed by atoms with E-state index >= 15 is 0 Å². The quantitative estimate of drug-likeness (QED) is 0.867. The number of urea groups is 1. The fourth-order valence-corrected chi connectivity index (χ4v) is 3.26. The Balaban J connectivity index is 1.44. The van der Waals surface area contributed by atoms with Crippen LogP contribution in [0.1, 0.15) is 16.7 Å². The summed E-state index contributed by atoms with van der Waals surface area (Å²) in [6, 6.07) is 14.0. The molecule has 26 heavy (non-hydrogen) atoms. The van der Waals surface area contributed by atoms with E-state index in [9.17, 15) is 4.79 Å². The molecule has 1 saturated heterocycles. The van der Waals surface area contributed by atoms with E-state index in [-0.39, 0.29) is 6.03 Å². The summed E-state index contributed by atoms with van der Waals surface area (Å²) in [7, 11) is 0. The van der Waals surface area contributed by atoms with Crippen LogP contribution in [0, 0.1) is 13.8 Å². The molecule has 1 fully saturated rings. The van der Waals surface area contributed by atoms with Crippen LogP contribution in [0.4, 0.5) is 10.5 Å². The molecular weight excluding hydrogens is 346 g/mol. The van der Waals surface area contributed by atoms with E-state index in [2.05, 4.69) is 36.2 Å². The van der Waals surface area contributed by atoms with Gasteiger partial charge in [0, 0.05) is 43.4 Å². The van der Waals surface area contributed by atoms with Gasteiger partial charge in [0.05, 0.1) is 0 Å². The van der Waals surface area contributed by atoms with E-state index in [1.165, 1.54) is 16.7 Å². The lowest BCUT2D eigenvalue weighted by Gasteiger charge is -2.34. The third-order valence-electron chi connectivity index (χ3n) is 5.05. The topological polar surface area (TPSA) is 35.6 Å². The van der Waals surface area contributed by atoms with Crippen molar-refractivity contribution >= 4 is 23.3 Å². The lowest BCUT2D eigenvalue weighted by molar-refractivity contribution is 0.148. The molecule has 3 rings (SSSR count). The number of carbonyl (C=O) groups is 1. The van der Waals surface area contributed by atoms with E-state index in [4.69, 9.17) is 11.6 Å². The number of rotatable bonds is 4. The van der Waals surface area contributed by atoms with Gasteiger partial charge in [0.2, 0.25) is 0 Å². The predicted molar refractivity (Wildman–Crippen MR) is 108 cm³/mol. The van der Waals surface area contributed by atoms with E-state index in [1.807, 2.05) is 35.2 Å². The zero-order chi connectivity index (χ0) is 18.5. The zero-order valence-electron chi connectivity index (χ0n) is 15.5. The molecular formula is C21H26ClN3O. The number of aryl methyl sites for hydroxylation is 2. The van der Waals surface area contributed by atoms with Crippen LogP contribution in [0.3, 0.4) is 0 Å². The lowest BCUT2D eigenvalue weighted by atomic mass is 10.1. The van der Waals surface area contributed by atoms with Gasteiger partial charge in [0.25, 0.3) is 0 Å². The molecule has 2 amide bonds. The molecule has 0 atom stereocenters. The SMILES string of the molecule is Cc1ccc(NC(=O)N2CCN(CCc3ccc(Cl)cc3)CC2)cc1C. The van der Waals surface area contributed by atoms with Gasteiger partial charge in [-0.15, -0.1) is 0 Å². The van der Waals surface area contributed by atoms with Gasteiger partial charge in [0.1, 0.15) is 0 Å². The molecule has 0 spiro atoms. The third-order valence-corrected chi connectivity index (χ3v) is 5.30. The number of anilines is 1. The second-order valence-corrected chi connectivity index (χ2v) is 7.37. The molecule has 5 heteroatoms. The molecule has 1 aliphatic rings. The number of benzene rings is 2. The molecule has 2 aromatic carbocycles. The Kier molecular flexibility index (Phi) is 6.17. The van der Waals surface area contributed by atoms with E-state index in [0.717, 1.165) is 49.9 Å². The fourth-order valence-electron chi connectivity index (χ4n) is 3.13. The molecule has 1 aliphatic heterocycles. The monoisotopic (exact) mass is 371 g/mol. The normalized spacial score (nSPS) is 15.1. The van der Waals surface area contributed by atoms with Crippen LogP contribution in [-0.4, -0.2) is 48.6 Å². The van der Waals surface area contributed by atoms with Crippen LogP contribution >= 0.6 is 11.6 Å². The first-order valence-electron chi connectivity index (χ1n) is 9.11. The largest absolute Gasteiger partial charge is 0.322 e. The Hall–Kier alpha value is -2.04. The van der Waals surface area contributed by atoms with Gasteiger partial charge in [0.15, 0.2) is 0 Å². The van der Waals surface area contributed by atoms with Crippen molar-refractivity contribution in [1.82, 2.24) is 9.80 Å². The van der Waals surface area contributed by atoms with Gasteiger partial charge in [-0.25, -0.2) is 4.79 Å². The minimum Gasteiger partial charge on any atom is -0.322 e. The summed E-state index contributed by atoms with van der Waals surface area (Å²) in [5, 5.41) is 3.79. The van der Waals surface area contributed by atoms with Gasteiger partial charge in [-0.3, -0.25) is 4.90 Å². The maximum absolute atomic E-state index is 12.5. The fraction of sp³-hybridized carbons (Fsp3) is 0.381. The Bertz CT molecular complexity index is 752. The Morgan fingerprint density at radius 1 is 1.00 bits per heavy atom. The van der Waals surface area contributed by atoms with Crippen molar-refractivity contribution in [3.63, 3.8) is 0 Å². The van der Waals surface area contributed by atoms with Crippen LogP contribution in [0.25, 0.3) is 0 Å². The summed E-state index contributed by atoms with van der Waals surface area (Å²) in [6.45, 7) is 8.49. The summed E-state index contributed by atoms with van der Waals surface area (Å²) >= 11 is 5.93. The number of amides is 2. The van der Waals surface area contributed by atoms with Gasteiger partial charge < -0.3 is 10.2 Å². The van der Waals surface area contributed by atoms with Crippen molar-refractivity contribution in [2.24, 2.45) is 0 Å². The van der Waals surface area contributed by atoms with Crippen molar-refractivity contribution < 1.29 is 4.79 Å². The lowest BCUT2D eigenvalue weighted by Crippen LogP contribution is -2.50. The minimum atomic E-state index is -0.00870. The highest BCUT2D eigenvalue weighted by Gasteiger charge is 2.21. The molecule has 0 saturated carbocycles. The minimum absolute atomic E-state index is 0.00870. The van der Waals surface area contributed by atoms with Crippen LogP contribution in [0.2, 0.25) is 5.02 Å². The summed E-state index contributed by atoms with van der Waals surface area (Å²) in [5.74, 6) is 0. The highest BCUT2D eigenvalue weighted by Crippen LogP contribution is 2.15. The summed E-state index contributed by atoms with van der Waals surface area (Å²) in [5.41, 5.74) is 4.58. The number of hydrogen-bond acceptors (Lipinski definition) is 2. The summed E-state index contributed by atoms with van der Waals surface area (Å²) in [6.07, 6.45) is 1.01. The van der Waals surface area contributed by atoms with E-state index < -0.39 is 0 Å². The molecule has 0 bridgehead atoms. The molecule has 4 nitrogen and oxygen atoms in total. The Morgan fingerprint density at radius 3 is 2.35 bits per heavy atom. The zero-order valence-corrected chi connectivity index (χ0v) is 16.2. The summed E-state index contributed by atoms with van der Waals surface area (Å²) in [4.78, 5) is 16.8. The van der Waals surface area contributed by atoms with Crippen LogP contribution in [0.15, 0.2) is 42.5 Å². The third kappa shape index (κ3) is 4.99. The van der Waals surface area contributed by atoms with Crippen molar-refractivity contribution in [3.05, 3.63) is 64.2 Å². The maximum Gasteiger partial charge on any atom is 0.321 e.